The second-order valence-corrected chi connectivity index (χ2v) is 8.17. The molecule has 0 fully saturated rings. The minimum absolute atomic E-state index is 0.243. The van der Waals surface area contributed by atoms with Crippen LogP contribution in [0.3, 0.4) is 0 Å². The average molecular weight is 416 g/mol. The van der Waals surface area contributed by atoms with Crippen molar-refractivity contribution in [2.45, 2.75) is 16.7 Å². The third-order valence-corrected chi connectivity index (χ3v) is 5.25. The first kappa shape index (κ1) is 20.6. The molecule has 2 rings (SSSR count). The number of methoxy groups -OCH3 is 1. The van der Waals surface area contributed by atoms with Crippen molar-refractivity contribution in [1.82, 2.24) is 0 Å². The van der Waals surface area contributed by atoms with E-state index in [9.17, 15) is 25.9 Å². The van der Waals surface area contributed by atoms with Crippen LogP contribution in [0.2, 0.25) is 0 Å². The number of azo groups is 1. The fourth-order valence-corrected chi connectivity index (χ4v) is 3.42. The number of nitrogen functional groups attached to an aromatic ring is 2. The van der Waals surface area contributed by atoms with Gasteiger partial charge in [-0.3, -0.25) is 9.11 Å². The largest absolute Gasteiger partial charge is 0.495 e. The van der Waals surface area contributed by atoms with Crippen molar-refractivity contribution in [3.05, 3.63) is 29.8 Å². The first-order chi connectivity index (χ1) is 12.3. The Morgan fingerprint density at radius 3 is 1.93 bits per heavy atom. The molecule has 6 N–H and O–H groups in total. The summed E-state index contributed by atoms with van der Waals surface area (Å²) in [6, 6.07) is 4.32. The van der Waals surface area contributed by atoms with E-state index in [2.05, 4.69) is 10.2 Å². The van der Waals surface area contributed by atoms with Crippen molar-refractivity contribution in [1.29, 1.82) is 0 Å². The molecule has 0 atom stereocenters. The van der Waals surface area contributed by atoms with Gasteiger partial charge in [-0.2, -0.15) is 21.9 Å². The number of anilines is 2. The molecule has 0 spiro atoms. The van der Waals surface area contributed by atoms with Crippen molar-refractivity contribution in [2.24, 2.45) is 10.2 Å². The van der Waals surface area contributed by atoms with Crippen LogP contribution in [0.1, 0.15) is 5.56 Å². The van der Waals surface area contributed by atoms with Gasteiger partial charge in [-0.1, -0.05) is 0 Å². The van der Waals surface area contributed by atoms with Crippen LogP contribution < -0.4 is 16.2 Å². The van der Waals surface area contributed by atoms with Crippen LogP contribution in [0, 0.1) is 6.92 Å². The Hall–Kier alpha value is -2.74. The van der Waals surface area contributed by atoms with E-state index in [0.29, 0.717) is 29.1 Å². The first-order valence-electron chi connectivity index (χ1n) is 7.09. The fourth-order valence-electron chi connectivity index (χ4n) is 2.17. The summed E-state index contributed by atoms with van der Waals surface area (Å²) in [5.74, 6) is 0.292. The van der Waals surface area contributed by atoms with Crippen molar-refractivity contribution in [3.63, 3.8) is 0 Å². The molecule has 0 radical (unpaired) electrons. The Labute approximate surface area is 155 Å². The van der Waals surface area contributed by atoms with Crippen LogP contribution in [0.5, 0.6) is 5.75 Å². The van der Waals surface area contributed by atoms with E-state index in [4.69, 9.17) is 16.2 Å². The van der Waals surface area contributed by atoms with Gasteiger partial charge in [0.1, 0.15) is 21.2 Å². The van der Waals surface area contributed by atoms with E-state index in [1.807, 2.05) is 0 Å². The van der Waals surface area contributed by atoms with Crippen LogP contribution in [-0.4, -0.2) is 33.1 Å². The zero-order chi connectivity index (χ0) is 20.6. The Balaban J connectivity index is 2.69. The highest BCUT2D eigenvalue weighted by Gasteiger charge is 2.23. The molecule has 2 aromatic rings. The molecule has 146 valence electrons. The monoisotopic (exact) mass is 416 g/mol. The normalized spacial score (nSPS) is 12.4. The third-order valence-electron chi connectivity index (χ3n) is 3.46. The highest BCUT2D eigenvalue weighted by atomic mass is 32.2. The molecule has 0 heterocycles. The van der Waals surface area contributed by atoms with Gasteiger partial charge in [0.2, 0.25) is 0 Å². The number of ether oxygens (including phenoxy) is 1. The third kappa shape index (κ3) is 4.51. The van der Waals surface area contributed by atoms with E-state index in [1.165, 1.54) is 13.2 Å². The predicted octanol–water partition coefficient (Wildman–Crippen LogP) is 2.08. The summed E-state index contributed by atoms with van der Waals surface area (Å²) in [6.45, 7) is 1.65. The summed E-state index contributed by atoms with van der Waals surface area (Å²) < 4.78 is 69.4. The van der Waals surface area contributed by atoms with Crippen molar-refractivity contribution < 1.29 is 30.7 Å². The second kappa shape index (κ2) is 7.11. The van der Waals surface area contributed by atoms with Crippen LogP contribution in [0.4, 0.5) is 22.7 Å². The van der Waals surface area contributed by atoms with Gasteiger partial charge in [-0.15, -0.1) is 5.11 Å². The van der Waals surface area contributed by atoms with Crippen LogP contribution in [0.25, 0.3) is 0 Å². The molecule has 0 saturated heterocycles. The Morgan fingerprint density at radius 2 is 1.41 bits per heavy atom. The lowest BCUT2D eigenvalue weighted by molar-refractivity contribution is 0.417. The predicted molar refractivity (Wildman–Crippen MR) is 96.8 cm³/mol. The summed E-state index contributed by atoms with van der Waals surface area (Å²) in [7, 11) is -8.19. The molecular formula is C14H16N4O7S2. The lowest BCUT2D eigenvalue weighted by Crippen LogP contribution is -2.06. The molecule has 0 aliphatic carbocycles. The average Bonchev–Trinajstić information content (AvgIpc) is 2.52. The molecule has 13 heteroatoms. The number of nitrogens with zero attached hydrogens (tertiary/aromatic N) is 2. The van der Waals surface area contributed by atoms with Gasteiger partial charge in [0.05, 0.1) is 24.2 Å². The lowest BCUT2D eigenvalue weighted by Gasteiger charge is -2.09. The minimum atomic E-state index is -4.81. The molecule has 0 bridgehead atoms. The van der Waals surface area contributed by atoms with Crippen molar-refractivity contribution in [2.75, 3.05) is 18.6 Å². The highest BCUT2D eigenvalue weighted by molar-refractivity contribution is 7.86. The molecule has 0 aliphatic heterocycles. The second-order valence-electron chi connectivity index (χ2n) is 5.39. The maximum absolute atomic E-state index is 11.5. The summed E-state index contributed by atoms with van der Waals surface area (Å²) in [5, 5.41) is 7.53. The van der Waals surface area contributed by atoms with Gasteiger partial charge in [-0.05, 0) is 30.7 Å². The van der Waals surface area contributed by atoms with E-state index >= 15 is 0 Å². The van der Waals surface area contributed by atoms with Gasteiger partial charge >= 0.3 is 0 Å². The van der Waals surface area contributed by atoms with Gasteiger partial charge in [0.15, 0.2) is 0 Å². The summed E-state index contributed by atoms with van der Waals surface area (Å²) in [4.78, 5) is -1.56. The molecule has 0 unspecified atom stereocenters. The quantitative estimate of drug-likeness (QED) is 0.320. The maximum atomic E-state index is 11.5. The van der Waals surface area contributed by atoms with Crippen LogP contribution >= 0.6 is 0 Å². The lowest BCUT2D eigenvalue weighted by atomic mass is 10.1. The molecular weight excluding hydrogens is 400 g/mol. The molecule has 0 amide bonds. The Bertz CT molecular complexity index is 1140. The molecule has 0 aliphatic rings. The number of hydrogen-bond donors (Lipinski definition) is 4. The van der Waals surface area contributed by atoms with Crippen LogP contribution in [0.15, 0.2) is 44.3 Å². The smallest absolute Gasteiger partial charge is 0.296 e. The standard InChI is InChI=1S/C14H16N4O7S2/c1-7-3-8(15)12(25-2)5-10(7)17-18-11-6-13(26(19,20)21)9(16)4-14(11)27(22,23)24/h3-6H,15-16H2,1-2H3,(H,19,20,21)(H,22,23,24). The molecule has 2 aromatic carbocycles. The zero-order valence-electron chi connectivity index (χ0n) is 14.1. The van der Waals surface area contributed by atoms with E-state index in [0.717, 1.165) is 0 Å². The van der Waals surface area contributed by atoms with E-state index in [-0.39, 0.29) is 5.69 Å². The topological polar surface area (TPSA) is 195 Å². The van der Waals surface area contributed by atoms with Gasteiger partial charge in [0, 0.05) is 6.07 Å². The number of benzene rings is 2. The molecule has 0 aromatic heterocycles. The van der Waals surface area contributed by atoms with Gasteiger partial charge in [0.25, 0.3) is 20.2 Å². The summed E-state index contributed by atoms with van der Waals surface area (Å²) in [6.07, 6.45) is 0. The van der Waals surface area contributed by atoms with E-state index in [1.54, 1.807) is 13.0 Å². The fraction of sp³-hybridized carbons (Fsp3) is 0.143. The van der Waals surface area contributed by atoms with Gasteiger partial charge < -0.3 is 16.2 Å². The number of nitrogens with two attached hydrogens (primary N) is 2. The van der Waals surface area contributed by atoms with E-state index < -0.39 is 41.4 Å². The van der Waals surface area contributed by atoms with Crippen molar-refractivity contribution in [3.8, 4) is 5.75 Å². The van der Waals surface area contributed by atoms with Gasteiger partial charge in [-0.25, -0.2) is 0 Å². The summed E-state index contributed by atoms with van der Waals surface area (Å²) >= 11 is 0. The maximum Gasteiger partial charge on any atom is 0.296 e. The zero-order valence-corrected chi connectivity index (χ0v) is 15.7. The Kier molecular flexibility index (Phi) is 5.42. The van der Waals surface area contributed by atoms with Crippen molar-refractivity contribution >= 4 is 43.0 Å². The first-order valence-corrected chi connectivity index (χ1v) is 9.97. The molecule has 0 saturated carbocycles. The van der Waals surface area contributed by atoms with Crippen LogP contribution in [-0.2, 0) is 20.2 Å². The highest BCUT2D eigenvalue weighted by Crippen LogP contribution is 2.35. The SMILES string of the molecule is COc1cc(N=Nc2cc(S(=O)(=O)O)c(N)cc2S(=O)(=O)O)c(C)cc1N. The number of rotatable bonds is 5. The Morgan fingerprint density at radius 1 is 0.852 bits per heavy atom. The summed E-state index contributed by atoms with van der Waals surface area (Å²) in [5.41, 5.74) is 11.2. The number of hydrogen-bond acceptors (Lipinski definition) is 9. The molecule has 11 nitrogen and oxygen atoms in total. The minimum Gasteiger partial charge on any atom is -0.495 e. The molecule has 27 heavy (non-hydrogen) atoms. The number of aryl methyl sites for hydroxylation is 1.